The number of nitrogen functional groups attached to an aromatic ring is 1. The van der Waals surface area contributed by atoms with Crippen molar-refractivity contribution in [1.82, 2.24) is 0 Å². The molecule has 0 spiro atoms. The minimum atomic E-state index is -1.16. The minimum Gasteiger partial charge on any atom is -0.507 e. The zero-order valence-electron chi connectivity index (χ0n) is 7.61. The fraction of sp³-hybridized carbons (Fsp3) is 0.222. The van der Waals surface area contributed by atoms with Crippen molar-refractivity contribution in [2.24, 2.45) is 0 Å². The van der Waals surface area contributed by atoms with Gasteiger partial charge in [0.2, 0.25) is 0 Å². The third kappa shape index (κ3) is 3.02. The molecule has 0 aliphatic carbocycles. The van der Waals surface area contributed by atoms with Crippen molar-refractivity contribution in [3.63, 3.8) is 0 Å². The van der Waals surface area contributed by atoms with Crippen molar-refractivity contribution < 1.29 is 15.0 Å². The molecule has 0 heterocycles. The molecule has 4 nitrogen and oxygen atoms in total. The number of carboxylic acids is 1. The van der Waals surface area contributed by atoms with E-state index in [2.05, 4.69) is 0 Å². The van der Waals surface area contributed by atoms with Gasteiger partial charge in [0.15, 0.2) is 0 Å². The van der Waals surface area contributed by atoms with Gasteiger partial charge in [0.1, 0.15) is 11.3 Å². The summed E-state index contributed by atoms with van der Waals surface area (Å²) in [6, 6.07) is 3.87. The van der Waals surface area contributed by atoms with Crippen LogP contribution in [0, 0.1) is 0 Å². The van der Waals surface area contributed by atoms with Crippen molar-refractivity contribution in [2.75, 3.05) is 5.73 Å². The van der Waals surface area contributed by atoms with Gasteiger partial charge in [-0.2, -0.15) is 0 Å². The Balaban J connectivity index is 0.000000671. The van der Waals surface area contributed by atoms with Crippen LogP contribution in [0.1, 0.15) is 24.2 Å². The number of nitrogens with two attached hydrogens (primary N) is 1. The van der Waals surface area contributed by atoms with Crippen LogP contribution in [0.25, 0.3) is 0 Å². The van der Waals surface area contributed by atoms with E-state index in [9.17, 15) is 4.79 Å². The first kappa shape index (κ1) is 11.3. The maximum atomic E-state index is 10.3. The molecule has 1 aromatic rings. The van der Waals surface area contributed by atoms with E-state index in [0.717, 1.165) is 0 Å². The molecule has 0 aliphatic rings. The first-order chi connectivity index (χ1) is 6.11. The van der Waals surface area contributed by atoms with Crippen LogP contribution in [0.2, 0.25) is 0 Å². The zero-order valence-corrected chi connectivity index (χ0v) is 7.61. The summed E-state index contributed by atoms with van der Waals surface area (Å²) in [5.74, 6) is -1.47. The Hall–Kier alpha value is -1.71. The van der Waals surface area contributed by atoms with Crippen LogP contribution in [0.3, 0.4) is 0 Å². The number of aromatic hydroxyl groups is 1. The number of hydrogen-bond donors (Lipinski definition) is 3. The molecule has 0 aliphatic heterocycles. The minimum absolute atomic E-state index is 0.140. The highest BCUT2D eigenvalue weighted by Crippen LogP contribution is 2.19. The molecule has 0 unspecified atom stereocenters. The lowest BCUT2D eigenvalue weighted by Gasteiger charge is -1.98. The molecular weight excluding hydrogens is 170 g/mol. The van der Waals surface area contributed by atoms with Crippen molar-refractivity contribution in [1.29, 1.82) is 0 Å². The molecule has 0 saturated carbocycles. The topological polar surface area (TPSA) is 83.6 Å². The monoisotopic (exact) mass is 183 g/mol. The Morgan fingerprint density at radius 3 is 2.31 bits per heavy atom. The smallest absolute Gasteiger partial charge is 0.339 e. The molecule has 0 fully saturated rings. The summed E-state index contributed by atoms with van der Waals surface area (Å²) in [4.78, 5) is 10.3. The summed E-state index contributed by atoms with van der Waals surface area (Å²) in [6.45, 7) is 4.00. The van der Waals surface area contributed by atoms with Gasteiger partial charge in [-0.1, -0.05) is 13.8 Å². The van der Waals surface area contributed by atoms with Crippen molar-refractivity contribution in [2.45, 2.75) is 13.8 Å². The highest BCUT2D eigenvalue weighted by Gasteiger charge is 2.07. The van der Waals surface area contributed by atoms with Gasteiger partial charge >= 0.3 is 5.97 Å². The van der Waals surface area contributed by atoms with Crippen LogP contribution in [0.4, 0.5) is 5.69 Å². The first-order valence-corrected chi connectivity index (χ1v) is 3.93. The largest absolute Gasteiger partial charge is 0.507 e. The lowest BCUT2D eigenvalue weighted by molar-refractivity contribution is 0.0694. The quantitative estimate of drug-likeness (QED) is 0.578. The second kappa shape index (κ2) is 5.03. The van der Waals surface area contributed by atoms with Crippen LogP contribution >= 0.6 is 0 Å². The number of anilines is 1. The molecule has 4 heteroatoms. The Labute approximate surface area is 76.6 Å². The van der Waals surface area contributed by atoms with Gasteiger partial charge < -0.3 is 15.9 Å². The Bertz CT molecular complexity index is 297. The zero-order chi connectivity index (χ0) is 10.4. The van der Waals surface area contributed by atoms with Crippen LogP contribution in [0.5, 0.6) is 5.75 Å². The van der Waals surface area contributed by atoms with E-state index in [1.807, 2.05) is 13.8 Å². The molecule has 0 bridgehead atoms. The van der Waals surface area contributed by atoms with Gasteiger partial charge in [0.25, 0.3) is 0 Å². The van der Waals surface area contributed by atoms with Crippen LogP contribution in [-0.4, -0.2) is 16.2 Å². The van der Waals surface area contributed by atoms with Gasteiger partial charge in [0.05, 0.1) is 0 Å². The predicted molar refractivity (Wildman–Crippen MR) is 50.8 cm³/mol. The fourth-order valence-corrected chi connectivity index (χ4v) is 0.730. The summed E-state index contributed by atoms with van der Waals surface area (Å²) in [5.41, 5.74) is 5.48. The standard InChI is InChI=1S/C7H7NO3.C2H6/c8-4-1-2-5(7(10)11)6(9)3-4;1-2/h1-3,9H,8H2,(H,10,11);1-2H3. The maximum Gasteiger partial charge on any atom is 0.339 e. The van der Waals surface area contributed by atoms with E-state index in [0.29, 0.717) is 5.69 Å². The highest BCUT2D eigenvalue weighted by atomic mass is 16.4. The predicted octanol–water partition coefficient (Wildman–Crippen LogP) is 1.70. The van der Waals surface area contributed by atoms with Gasteiger partial charge in [-0.3, -0.25) is 0 Å². The molecule has 0 atom stereocenters. The average Bonchev–Trinajstić information content (AvgIpc) is 2.07. The van der Waals surface area contributed by atoms with Crippen molar-refractivity contribution in [3.05, 3.63) is 23.8 Å². The van der Waals surface area contributed by atoms with Gasteiger partial charge in [0, 0.05) is 11.8 Å². The summed E-state index contributed by atoms with van der Waals surface area (Å²) < 4.78 is 0. The fourth-order valence-electron chi connectivity index (χ4n) is 0.730. The van der Waals surface area contributed by atoms with E-state index < -0.39 is 5.97 Å². The molecule has 1 rings (SSSR count). The molecule has 0 aromatic heterocycles. The summed E-state index contributed by atoms with van der Waals surface area (Å²) in [6.07, 6.45) is 0. The van der Waals surface area contributed by atoms with Crippen LogP contribution in [0.15, 0.2) is 18.2 Å². The molecule has 13 heavy (non-hydrogen) atoms. The van der Waals surface area contributed by atoms with E-state index >= 15 is 0 Å². The number of carboxylic acid groups (broad SMARTS) is 1. The van der Waals surface area contributed by atoms with Crippen molar-refractivity contribution >= 4 is 11.7 Å². The third-order valence-corrected chi connectivity index (χ3v) is 1.25. The second-order valence-electron chi connectivity index (χ2n) is 2.08. The summed E-state index contributed by atoms with van der Waals surface area (Å²) in [7, 11) is 0. The average molecular weight is 183 g/mol. The van der Waals surface area contributed by atoms with Gasteiger partial charge in [-0.05, 0) is 12.1 Å². The number of carbonyl (C=O) groups is 1. The second-order valence-corrected chi connectivity index (χ2v) is 2.08. The lowest BCUT2D eigenvalue weighted by Crippen LogP contribution is -1.97. The number of phenols is 1. The Morgan fingerprint density at radius 2 is 1.92 bits per heavy atom. The molecule has 1 aromatic carbocycles. The first-order valence-electron chi connectivity index (χ1n) is 3.93. The molecule has 0 radical (unpaired) electrons. The molecule has 4 N–H and O–H groups in total. The Kier molecular flexibility index (Phi) is 4.37. The normalized spacial score (nSPS) is 8.46. The van der Waals surface area contributed by atoms with E-state index in [1.165, 1.54) is 18.2 Å². The van der Waals surface area contributed by atoms with E-state index in [-0.39, 0.29) is 11.3 Å². The Morgan fingerprint density at radius 1 is 1.38 bits per heavy atom. The SMILES string of the molecule is CC.Nc1ccc(C(=O)O)c(O)c1. The van der Waals surface area contributed by atoms with Crippen molar-refractivity contribution in [3.8, 4) is 5.75 Å². The summed E-state index contributed by atoms with van der Waals surface area (Å²) >= 11 is 0. The summed E-state index contributed by atoms with van der Waals surface area (Å²) in [5, 5.41) is 17.5. The van der Waals surface area contributed by atoms with Gasteiger partial charge in [-0.15, -0.1) is 0 Å². The molecule has 72 valence electrons. The molecule has 0 saturated heterocycles. The lowest BCUT2D eigenvalue weighted by atomic mass is 10.2. The van der Waals surface area contributed by atoms with E-state index in [4.69, 9.17) is 15.9 Å². The third-order valence-electron chi connectivity index (χ3n) is 1.25. The highest BCUT2D eigenvalue weighted by molar-refractivity contribution is 5.91. The molecular formula is C9H13NO3. The number of aromatic carboxylic acids is 1. The maximum absolute atomic E-state index is 10.3. The number of rotatable bonds is 1. The number of benzene rings is 1. The van der Waals surface area contributed by atoms with Crippen LogP contribution < -0.4 is 5.73 Å². The van der Waals surface area contributed by atoms with Gasteiger partial charge in [-0.25, -0.2) is 4.79 Å². The molecule has 0 amide bonds. The number of hydrogen-bond acceptors (Lipinski definition) is 3. The van der Waals surface area contributed by atoms with Crippen LogP contribution in [-0.2, 0) is 0 Å². The van der Waals surface area contributed by atoms with E-state index in [1.54, 1.807) is 0 Å².